The second-order valence-corrected chi connectivity index (χ2v) is 3.15. The largest absolute Gasteiger partial charge is 0.506 e. The van der Waals surface area contributed by atoms with Crippen molar-refractivity contribution in [3.05, 3.63) is 48.2 Å². The predicted octanol–water partition coefficient (Wildman–Crippen LogP) is 2.40. The molecular formula is C12H9N3O. The molecular weight excluding hydrogens is 202 g/mol. The second-order valence-electron chi connectivity index (χ2n) is 3.15. The van der Waals surface area contributed by atoms with E-state index in [1.54, 1.807) is 42.6 Å². The van der Waals surface area contributed by atoms with Crippen LogP contribution in [0.2, 0.25) is 0 Å². The first-order valence-electron chi connectivity index (χ1n) is 4.71. The highest BCUT2D eigenvalue weighted by Crippen LogP contribution is 2.25. The Morgan fingerprint density at radius 1 is 1.19 bits per heavy atom. The van der Waals surface area contributed by atoms with Crippen LogP contribution in [0.25, 0.3) is 0 Å². The van der Waals surface area contributed by atoms with Gasteiger partial charge in [0.05, 0.1) is 11.3 Å². The second kappa shape index (κ2) is 4.32. The molecule has 0 amide bonds. The van der Waals surface area contributed by atoms with Crippen molar-refractivity contribution in [1.82, 2.24) is 4.98 Å². The first-order valence-corrected chi connectivity index (χ1v) is 4.71. The fourth-order valence-electron chi connectivity index (χ4n) is 1.30. The smallest absolute Gasteiger partial charge is 0.148 e. The summed E-state index contributed by atoms with van der Waals surface area (Å²) in [4.78, 5) is 4.04. The standard InChI is InChI=1S/C12H9N3O/c13-8-9-4-3-7-14-12(9)15-10-5-1-2-6-11(10)16/h1-7,16H,(H,14,15). The summed E-state index contributed by atoms with van der Waals surface area (Å²) >= 11 is 0. The van der Waals surface area contributed by atoms with E-state index in [2.05, 4.69) is 10.3 Å². The van der Waals surface area contributed by atoms with E-state index in [4.69, 9.17) is 5.26 Å². The Morgan fingerprint density at radius 3 is 2.75 bits per heavy atom. The normalized spacial score (nSPS) is 9.44. The summed E-state index contributed by atoms with van der Waals surface area (Å²) in [5.74, 6) is 0.559. The van der Waals surface area contributed by atoms with Gasteiger partial charge in [-0.2, -0.15) is 5.26 Å². The molecule has 2 N–H and O–H groups in total. The van der Waals surface area contributed by atoms with Crippen LogP contribution in [0.5, 0.6) is 5.75 Å². The van der Waals surface area contributed by atoms with Gasteiger partial charge in [0.1, 0.15) is 17.6 Å². The van der Waals surface area contributed by atoms with Gasteiger partial charge >= 0.3 is 0 Å². The molecule has 0 fully saturated rings. The minimum atomic E-state index is 0.122. The molecule has 0 aliphatic heterocycles. The van der Waals surface area contributed by atoms with Gasteiger partial charge in [-0.15, -0.1) is 0 Å². The third-order valence-electron chi connectivity index (χ3n) is 2.09. The summed E-state index contributed by atoms with van der Waals surface area (Å²) in [6, 6.07) is 12.2. The van der Waals surface area contributed by atoms with Crippen molar-refractivity contribution in [3.8, 4) is 11.8 Å². The number of nitrogens with one attached hydrogen (secondary N) is 1. The zero-order valence-corrected chi connectivity index (χ0v) is 8.38. The zero-order valence-electron chi connectivity index (χ0n) is 8.38. The van der Waals surface area contributed by atoms with E-state index < -0.39 is 0 Å². The van der Waals surface area contributed by atoms with Crippen molar-refractivity contribution in [2.45, 2.75) is 0 Å². The lowest BCUT2D eigenvalue weighted by Gasteiger charge is -2.07. The van der Waals surface area contributed by atoms with Crippen LogP contribution < -0.4 is 5.32 Å². The molecule has 2 rings (SSSR count). The van der Waals surface area contributed by atoms with Gasteiger partial charge < -0.3 is 10.4 Å². The van der Waals surface area contributed by atoms with Gasteiger partial charge in [0.2, 0.25) is 0 Å². The number of hydrogen-bond donors (Lipinski definition) is 2. The van der Waals surface area contributed by atoms with E-state index in [1.807, 2.05) is 6.07 Å². The number of aromatic nitrogens is 1. The highest BCUT2D eigenvalue weighted by atomic mass is 16.3. The highest BCUT2D eigenvalue weighted by Gasteiger charge is 2.04. The molecule has 1 aromatic carbocycles. The summed E-state index contributed by atoms with van der Waals surface area (Å²) in [5.41, 5.74) is 0.962. The Hall–Kier alpha value is -2.54. The Morgan fingerprint density at radius 2 is 2.00 bits per heavy atom. The number of para-hydroxylation sites is 2. The number of nitrogens with zero attached hydrogens (tertiary/aromatic N) is 2. The van der Waals surface area contributed by atoms with Crippen LogP contribution in [-0.4, -0.2) is 10.1 Å². The Labute approximate surface area is 92.8 Å². The molecule has 1 heterocycles. The van der Waals surface area contributed by atoms with Gasteiger partial charge in [-0.05, 0) is 24.3 Å². The molecule has 78 valence electrons. The Balaban J connectivity index is 2.35. The molecule has 16 heavy (non-hydrogen) atoms. The monoisotopic (exact) mass is 211 g/mol. The molecule has 0 aliphatic rings. The van der Waals surface area contributed by atoms with Gasteiger partial charge in [0.15, 0.2) is 0 Å². The van der Waals surface area contributed by atoms with Gasteiger partial charge in [0, 0.05) is 6.20 Å². The van der Waals surface area contributed by atoms with Gasteiger partial charge in [-0.25, -0.2) is 4.98 Å². The minimum absolute atomic E-state index is 0.122. The van der Waals surface area contributed by atoms with Crippen LogP contribution in [0, 0.1) is 11.3 Å². The van der Waals surface area contributed by atoms with E-state index in [0.29, 0.717) is 17.1 Å². The molecule has 4 nitrogen and oxygen atoms in total. The lowest BCUT2D eigenvalue weighted by Crippen LogP contribution is -1.96. The number of benzene rings is 1. The molecule has 0 saturated carbocycles. The number of nitriles is 1. The number of anilines is 2. The molecule has 0 aliphatic carbocycles. The van der Waals surface area contributed by atoms with Gasteiger partial charge in [-0.3, -0.25) is 0 Å². The fourth-order valence-corrected chi connectivity index (χ4v) is 1.30. The molecule has 0 spiro atoms. The number of hydrogen-bond acceptors (Lipinski definition) is 4. The quantitative estimate of drug-likeness (QED) is 0.748. The maximum atomic E-state index is 9.56. The first kappa shape index (κ1) is 9.99. The SMILES string of the molecule is N#Cc1cccnc1Nc1ccccc1O. The third kappa shape index (κ3) is 1.93. The van der Waals surface area contributed by atoms with Gasteiger partial charge in [-0.1, -0.05) is 12.1 Å². The summed E-state index contributed by atoms with van der Waals surface area (Å²) in [5, 5.41) is 21.3. The minimum Gasteiger partial charge on any atom is -0.506 e. The fraction of sp³-hybridized carbons (Fsp3) is 0. The van der Waals surface area contributed by atoms with Crippen molar-refractivity contribution in [2.75, 3.05) is 5.32 Å². The average molecular weight is 211 g/mol. The first-order chi connectivity index (χ1) is 7.81. The average Bonchev–Trinajstić information content (AvgIpc) is 2.33. The van der Waals surface area contributed by atoms with Crippen molar-refractivity contribution in [1.29, 1.82) is 5.26 Å². The van der Waals surface area contributed by atoms with E-state index >= 15 is 0 Å². The highest BCUT2D eigenvalue weighted by molar-refractivity contribution is 5.67. The van der Waals surface area contributed by atoms with E-state index in [0.717, 1.165) is 0 Å². The summed E-state index contributed by atoms with van der Waals surface area (Å²) in [6.45, 7) is 0. The molecule has 0 saturated heterocycles. The van der Waals surface area contributed by atoms with Crippen molar-refractivity contribution < 1.29 is 5.11 Å². The van der Waals surface area contributed by atoms with Crippen molar-refractivity contribution >= 4 is 11.5 Å². The number of phenolic OH excluding ortho intramolecular Hbond substituents is 1. The molecule has 1 aromatic heterocycles. The molecule has 0 unspecified atom stereocenters. The van der Waals surface area contributed by atoms with Crippen LogP contribution in [0.4, 0.5) is 11.5 Å². The lowest BCUT2D eigenvalue weighted by molar-refractivity contribution is 0.477. The van der Waals surface area contributed by atoms with Crippen LogP contribution in [0.15, 0.2) is 42.6 Å². The van der Waals surface area contributed by atoms with E-state index in [9.17, 15) is 5.11 Å². The Bertz CT molecular complexity index is 546. The summed E-state index contributed by atoms with van der Waals surface area (Å²) < 4.78 is 0. The van der Waals surface area contributed by atoms with Crippen LogP contribution in [0.3, 0.4) is 0 Å². The molecule has 0 atom stereocenters. The maximum Gasteiger partial charge on any atom is 0.148 e. The van der Waals surface area contributed by atoms with Crippen LogP contribution in [0.1, 0.15) is 5.56 Å². The molecule has 4 heteroatoms. The number of aromatic hydroxyl groups is 1. The number of phenols is 1. The molecule has 0 radical (unpaired) electrons. The maximum absolute atomic E-state index is 9.56. The third-order valence-corrected chi connectivity index (χ3v) is 2.09. The molecule has 0 bridgehead atoms. The summed E-state index contributed by atoms with van der Waals surface area (Å²) in [7, 11) is 0. The topological polar surface area (TPSA) is 68.9 Å². The predicted molar refractivity (Wildman–Crippen MR) is 60.3 cm³/mol. The number of rotatable bonds is 2. The number of pyridine rings is 1. The molecule has 2 aromatic rings. The van der Waals surface area contributed by atoms with Gasteiger partial charge in [0.25, 0.3) is 0 Å². The van der Waals surface area contributed by atoms with E-state index in [-0.39, 0.29) is 5.75 Å². The lowest BCUT2D eigenvalue weighted by atomic mass is 10.2. The summed E-state index contributed by atoms with van der Waals surface area (Å²) in [6.07, 6.45) is 1.59. The van der Waals surface area contributed by atoms with Crippen LogP contribution >= 0.6 is 0 Å². The van der Waals surface area contributed by atoms with E-state index in [1.165, 1.54) is 0 Å². The zero-order chi connectivity index (χ0) is 11.4. The van der Waals surface area contributed by atoms with Crippen molar-refractivity contribution in [3.63, 3.8) is 0 Å². The van der Waals surface area contributed by atoms with Crippen LogP contribution in [-0.2, 0) is 0 Å². The van der Waals surface area contributed by atoms with Crippen molar-refractivity contribution in [2.24, 2.45) is 0 Å². The Kier molecular flexibility index (Phi) is 2.70.